The summed E-state index contributed by atoms with van der Waals surface area (Å²) in [4.78, 5) is 4.23. The third-order valence-electron chi connectivity index (χ3n) is 2.46. The van der Waals surface area contributed by atoms with E-state index in [2.05, 4.69) is 10.3 Å². The zero-order valence-corrected chi connectivity index (χ0v) is 10.1. The average Bonchev–Trinajstić information content (AvgIpc) is 2.30. The third-order valence-corrected chi connectivity index (χ3v) is 3.11. The quantitative estimate of drug-likeness (QED) is 0.856. The number of nitrogens with one attached hydrogen (secondary N) is 1. The Hall–Kier alpha value is -0.770. The van der Waals surface area contributed by atoms with Gasteiger partial charge in [0.25, 0.3) is 0 Å². The molecule has 1 atom stereocenters. The van der Waals surface area contributed by atoms with Crippen molar-refractivity contribution in [3.8, 4) is 0 Å². The normalized spacial score (nSPS) is 17.6. The van der Waals surface area contributed by atoms with Gasteiger partial charge in [0.15, 0.2) is 0 Å². The van der Waals surface area contributed by atoms with Crippen LogP contribution in [0.3, 0.4) is 0 Å². The fourth-order valence-corrected chi connectivity index (χ4v) is 2.25. The highest BCUT2D eigenvalue weighted by Crippen LogP contribution is 2.30. The molecule has 1 heterocycles. The minimum absolute atomic E-state index is 0.454. The second kappa shape index (κ2) is 5.04. The molecule has 0 spiro atoms. The highest BCUT2D eigenvalue weighted by Gasteiger charge is 2.21. The van der Waals surface area contributed by atoms with E-state index in [1.54, 1.807) is 18.2 Å². The summed E-state index contributed by atoms with van der Waals surface area (Å²) in [7, 11) is 0. The van der Waals surface area contributed by atoms with Crippen LogP contribution in [0.2, 0.25) is 10.0 Å². The van der Waals surface area contributed by atoms with Crippen LogP contribution in [0.25, 0.3) is 0 Å². The Balaban J connectivity index is 2.33. The van der Waals surface area contributed by atoms with E-state index in [0.717, 1.165) is 19.5 Å². The Bertz CT molecular complexity index is 400. The van der Waals surface area contributed by atoms with Crippen molar-refractivity contribution in [1.29, 1.82) is 0 Å². The van der Waals surface area contributed by atoms with Gasteiger partial charge in [-0.15, -0.1) is 0 Å². The molecular formula is C11H12Cl2N2O. The molecule has 0 amide bonds. The number of benzene rings is 1. The summed E-state index contributed by atoms with van der Waals surface area (Å²) >= 11 is 12.0. The molecule has 0 aromatic heterocycles. The first kappa shape index (κ1) is 11.7. The largest absolute Gasteiger partial charge is 0.380 e. The monoisotopic (exact) mass is 258 g/mol. The Morgan fingerprint density at radius 1 is 1.31 bits per heavy atom. The van der Waals surface area contributed by atoms with Crippen LogP contribution in [-0.2, 0) is 0 Å². The molecule has 2 N–H and O–H groups in total. The lowest BCUT2D eigenvalue weighted by molar-refractivity contribution is 0.241. The SMILES string of the molecule is OC(C1=NCCCN1)c1c(Cl)cccc1Cl. The number of aliphatic imine (C=N–C) groups is 1. The van der Waals surface area contributed by atoms with Gasteiger partial charge in [0.1, 0.15) is 11.9 Å². The topological polar surface area (TPSA) is 44.6 Å². The summed E-state index contributed by atoms with van der Waals surface area (Å²) in [5.74, 6) is 0.543. The zero-order valence-electron chi connectivity index (χ0n) is 8.58. The van der Waals surface area contributed by atoms with Crippen molar-refractivity contribution in [2.45, 2.75) is 12.5 Å². The van der Waals surface area contributed by atoms with Crippen molar-refractivity contribution in [2.75, 3.05) is 13.1 Å². The van der Waals surface area contributed by atoms with Gasteiger partial charge in [0, 0.05) is 28.7 Å². The van der Waals surface area contributed by atoms with Crippen molar-refractivity contribution in [2.24, 2.45) is 4.99 Å². The van der Waals surface area contributed by atoms with Crippen molar-refractivity contribution < 1.29 is 5.11 Å². The van der Waals surface area contributed by atoms with E-state index in [9.17, 15) is 5.11 Å². The first-order chi connectivity index (χ1) is 7.70. The number of amidine groups is 1. The number of hydrogen-bond donors (Lipinski definition) is 2. The highest BCUT2D eigenvalue weighted by atomic mass is 35.5. The molecule has 0 radical (unpaired) electrons. The molecule has 1 aliphatic rings. The Morgan fingerprint density at radius 2 is 2.00 bits per heavy atom. The molecule has 2 rings (SSSR count). The van der Waals surface area contributed by atoms with E-state index < -0.39 is 6.10 Å². The molecule has 1 aliphatic heterocycles. The summed E-state index contributed by atoms with van der Waals surface area (Å²) in [6.07, 6.45) is 0.105. The first-order valence-corrected chi connectivity index (χ1v) is 5.86. The fraction of sp³-hybridized carbons (Fsp3) is 0.364. The van der Waals surface area contributed by atoms with E-state index in [-0.39, 0.29) is 0 Å². The van der Waals surface area contributed by atoms with Crippen LogP contribution in [-0.4, -0.2) is 24.0 Å². The number of halogens is 2. The summed E-state index contributed by atoms with van der Waals surface area (Å²) in [5.41, 5.74) is 0.513. The predicted molar refractivity (Wildman–Crippen MR) is 66.3 cm³/mol. The van der Waals surface area contributed by atoms with Crippen molar-refractivity contribution in [3.63, 3.8) is 0 Å². The summed E-state index contributed by atoms with van der Waals surface area (Å²) in [6.45, 7) is 1.54. The second-order valence-electron chi connectivity index (χ2n) is 3.59. The maximum atomic E-state index is 10.1. The maximum absolute atomic E-state index is 10.1. The molecule has 3 nitrogen and oxygen atoms in total. The van der Waals surface area contributed by atoms with Crippen LogP contribution < -0.4 is 5.32 Å². The van der Waals surface area contributed by atoms with Crippen LogP contribution in [0.15, 0.2) is 23.2 Å². The number of hydrogen-bond acceptors (Lipinski definition) is 3. The zero-order chi connectivity index (χ0) is 11.5. The molecule has 0 saturated carbocycles. The third kappa shape index (κ3) is 2.32. The number of rotatable bonds is 2. The molecule has 1 unspecified atom stereocenters. The molecule has 1 aromatic carbocycles. The summed E-state index contributed by atoms with van der Waals surface area (Å²) in [5, 5.41) is 14.1. The van der Waals surface area contributed by atoms with Crippen LogP contribution in [0.1, 0.15) is 18.1 Å². The van der Waals surface area contributed by atoms with Gasteiger partial charge in [-0.25, -0.2) is 0 Å². The molecule has 5 heteroatoms. The van der Waals surface area contributed by atoms with Crippen LogP contribution in [0.4, 0.5) is 0 Å². The summed E-state index contributed by atoms with van der Waals surface area (Å²) < 4.78 is 0. The maximum Gasteiger partial charge on any atom is 0.139 e. The summed E-state index contributed by atoms with van der Waals surface area (Å²) in [6, 6.07) is 5.15. The van der Waals surface area contributed by atoms with E-state index in [1.165, 1.54) is 0 Å². The Morgan fingerprint density at radius 3 is 2.56 bits per heavy atom. The van der Waals surface area contributed by atoms with Gasteiger partial charge in [-0.2, -0.15) is 0 Å². The van der Waals surface area contributed by atoms with Gasteiger partial charge >= 0.3 is 0 Å². The van der Waals surface area contributed by atoms with E-state index >= 15 is 0 Å². The first-order valence-electron chi connectivity index (χ1n) is 5.10. The highest BCUT2D eigenvalue weighted by molar-refractivity contribution is 6.36. The fourth-order valence-electron chi connectivity index (χ4n) is 1.64. The van der Waals surface area contributed by atoms with Crippen LogP contribution in [0.5, 0.6) is 0 Å². The van der Waals surface area contributed by atoms with Crippen molar-refractivity contribution >= 4 is 29.0 Å². The Labute approximate surface area is 104 Å². The van der Waals surface area contributed by atoms with Crippen LogP contribution in [0, 0.1) is 0 Å². The smallest absolute Gasteiger partial charge is 0.139 e. The molecule has 1 aromatic rings. The minimum Gasteiger partial charge on any atom is -0.380 e. The molecule has 0 saturated heterocycles. The standard InChI is InChI=1S/C11H12Cl2N2O/c12-7-3-1-4-8(13)9(7)10(16)11-14-5-2-6-15-11/h1,3-4,10,16H,2,5-6H2,(H,14,15). The Kier molecular flexibility index (Phi) is 3.69. The number of nitrogens with zero attached hydrogens (tertiary/aromatic N) is 1. The lowest BCUT2D eigenvalue weighted by Crippen LogP contribution is -2.34. The van der Waals surface area contributed by atoms with Crippen LogP contribution >= 0.6 is 23.2 Å². The van der Waals surface area contributed by atoms with Gasteiger partial charge < -0.3 is 10.4 Å². The average molecular weight is 259 g/mol. The molecule has 0 aliphatic carbocycles. The lowest BCUT2D eigenvalue weighted by Gasteiger charge is -2.21. The molecule has 86 valence electrons. The van der Waals surface area contributed by atoms with Gasteiger partial charge in [0.2, 0.25) is 0 Å². The lowest BCUT2D eigenvalue weighted by atomic mass is 10.1. The van der Waals surface area contributed by atoms with Gasteiger partial charge in [-0.1, -0.05) is 29.3 Å². The van der Waals surface area contributed by atoms with Crippen molar-refractivity contribution in [3.05, 3.63) is 33.8 Å². The molecule has 0 bridgehead atoms. The predicted octanol–water partition coefficient (Wildman–Crippen LogP) is 2.42. The van der Waals surface area contributed by atoms with E-state index in [1.807, 2.05) is 0 Å². The van der Waals surface area contributed by atoms with Crippen molar-refractivity contribution in [1.82, 2.24) is 5.32 Å². The van der Waals surface area contributed by atoms with Gasteiger partial charge in [-0.3, -0.25) is 4.99 Å². The molecular weight excluding hydrogens is 247 g/mol. The minimum atomic E-state index is -0.874. The van der Waals surface area contributed by atoms with E-state index in [4.69, 9.17) is 23.2 Å². The molecule has 0 fully saturated rings. The van der Waals surface area contributed by atoms with Gasteiger partial charge in [0.05, 0.1) is 0 Å². The van der Waals surface area contributed by atoms with Gasteiger partial charge in [-0.05, 0) is 18.6 Å². The van der Waals surface area contributed by atoms with E-state index in [0.29, 0.717) is 21.4 Å². The molecule has 16 heavy (non-hydrogen) atoms. The number of aliphatic hydroxyl groups excluding tert-OH is 1. The number of aliphatic hydroxyl groups is 1. The second-order valence-corrected chi connectivity index (χ2v) is 4.40.